The van der Waals surface area contributed by atoms with Crippen molar-refractivity contribution in [2.75, 3.05) is 26.4 Å². The van der Waals surface area contributed by atoms with E-state index in [2.05, 4.69) is 6.58 Å². The van der Waals surface area contributed by atoms with Crippen LogP contribution < -0.4 is 0 Å². The van der Waals surface area contributed by atoms with Gasteiger partial charge >= 0.3 is 5.97 Å². The van der Waals surface area contributed by atoms with Crippen LogP contribution in [0.15, 0.2) is 12.7 Å². The number of ketones is 1. The summed E-state index contributed by atoms with van der Waals surface area (Å²) in [6, 6.07) is 0. The van der Waals surface area contributed by atoms with Crippen LogP contribution in [0.4, 0.5) is 0 Å². The molecule has 0 spiro atoms. The maximum Gasteiger partial charge on any atom is 0.320 e. The Kier molecular flexibility index (Phi) is 6.88. The molecule has 0 saturated heterocycles. The second-order valence-electron chi connectivity index (χ2n) is 5.02. The number of hydrogen-bond donors (Lipinski definition) is 1. The number of unbranched alkanes of at least 4 members (excludes halogenated alkanes) is 1. The molecule has 1 aliphatic rings. The molecule has 1 rings (SSSR count). The summed E-state index contributed by atoms with van der Waals surface area (Å²) < 4.78 is 10.1. The van der Waals surface area contributed by atoms with Crippen molar-refractivity contribution in [3.63, 3.8) is 0 Å². The van der Waals surface area contributed by atoms with Gasteiger partial charge in [0.25, 0.3) is 0 Å². The zero-order chi connectivity index (χ0) is 15.0. The van der Waals surface area contributed by atoms with E-state index >= 15 is 0 Å². The van der Waals surface area contributed by atoms with E-state index in [1.807, 2.05) is 6.92 Å². The highest BCUT2D eigenvalue weighted by Gasteiger charge is 2.64. The predicted octanol–water partition coefficient (Wildman–Crippen LogP) is 1.49. The summed E-state index contributed by atoms with van der Waals surface area (Å²) in [5.74, 6) is -0.598. The summed E-state index contributed by atoms with van der Waals surface area (Å²) in [5, 5.41) is 8.55. The molecular formula is C15H24O5. The zero-order valence-electron chi connectivity index (χ0n) is 12.1. The molecule has 5 heteroatoms. The molecule has 20 heavy (non-hydrogen) atoms. The second-order valence-corrected chi connectivity index (χ2v) is 5.02. The number of ether oxygens (including phenoxy) is 2. The van der Waals surface area contributed by atoms with Gasteiger partial charge in [-0.05, 0) is 12.8 Å². The lowest BCUT2D eigenvalue weighted by atomic mass is 9.94. The van der Waals surface area contributed by atoms with Crippen molar-refractivity contribution < 1.29 is 24.2 Å². The quantitative estimate of drug-likeness (QED) is 0.269. The molecule has 0 aromatic rings. The second kappa shape index (κ2) is 8.17. The Balaban J connectivity index is 2.47. The Morgan fingerprint density at radius 2 is 2.15 bits per heavy atom. The summed E-state index contributed by atoms with van der Waals surface area (Å²) in [5.41, 5.74) is -0.992. The van der Waals surface area contributed by atoms with Crippen LogP contribution in [0.25, 0.3) is 0 Å². The molecule has 0 heterocycles. The first-order valence-corrected chi connectivity index (χ1v) is 7.15. The lowest BCUT2D eigenvalue weighted by Gasteiger charge is -2.14. The van der Waals surface area contributed by atoms with Crippen LogP contribution in [0.2, 0.25) is 0 Å². The van der Waals surface area contributed by atoms with Crippen LogP contribution in [0.3, 0.4) is 0 Å². The van der Waals surface area contributed by atoms with Crippen molar-refractivity contribution in [3.8, 4) is 0 Å². The third-order valence-corrected chi connectivity index (χ3v) is 3.61. The summed E-state index contributed by atoms with van der Waals surface area (Å²) in [6.07, 6.45) is 4.29. The van der Waals surface area contributed by atoms with Gasteiger partial charge in [0.05, 0.1) is 19.8 Å². The number of aliphatic hydroxyl groups excluding tert-OH is 1. The molecule has 0 aromatic heterocycles. The van der Waals surface area contributed by atoms with Gasteiger partial charge in [-0.2, -0.15) is 0 Å². The van der Waals surface area contributed by atoms with E-state index in [4.69, 9.17) is 14.6 Å². The van der Waals surface area contributed by atoms with Gasteiger partial charge in [-0.3, -0.25) is 9.59 Å². The third kappa shape index (κ3) is 3.90. The van der Waals surface area contributed by atoms with E-state index in [0.717, 1.165) is 12.8 Å². The molecule has 1 saturated carbocycles. The average molecular weight is 284 g/mol. The van der Waals surface area contributed by atoms with Gasteiger partial charge in [-0.1, -0.05) is 19.4 Å². The minimum atomic E-state index is -0.992. The molecule has 114 valence electrons. The Hall–Kier alpha value is -1.20. The number of carbonyl (C=O) groups is 2. The van der Waals surface area contributed by atoms with Crippen LogP contribution in [-0.2, 0) is 19.1 Å². The molecule has 1 fully saturated rings. The van der Waals surface area contributed by atoms with Crippen LogP contribution >= 0.6 is 0 Å². The highest BCUT2D eigenvalue weighted by Crippen LogP contribution is 2.55. The monoisotopic (exact) mass is 284 g/mol. The molecule has 0 bridgehead atoms. The van der Waals surface area contributed by atoms with Crippen LogP contribution in [0, 0.1) is 11.3 Å². The van der Waals surface area contributed by atoms with E-state index in [-0.39, 0.29) is 38.1 Å². The highest BCUT2D eigenvalue weighted by molar-refractivity contribution is 6.07. The van der Waals surface area contributed by atoms with Gasteiger partial charge < -0.3 is 14.6 Å². The average Bonchev–Trinajstić information content (AvgIpc) is 3.20. The Labute approximate surface area is 119 Å². The van der Waals surface area contributed by atoms with Gasteiger partial charge in [0, 0.05) is 12.3 Å². The molecule has 0 amide bonds. The maximum absolute atomic E-state index is 12.2. The molecule has 0 radical (unpaired) electrons. The topological polar surface area (TPSA) is 72.8 Å². The first-order chi connectivity index (χ1) is 9.63. The number of rotatable bonds is 11. The summed E-state index contributed by atoms with van der Waals surface area (Å²) in [7, 11) is 0. The number of carbonyl (C=O) groups excluding carboxylic acids is 2. The van der Waals surface area contributed by atoms with E-state index in [0.29, 0.717) is 12.8 Å². The molecule has 1 N–H and O–H groups in total. The molecule has 0 aliphatic heterocycles. The minimum Gasteiger partial charge on any atom is -0.462 e. The van der Waals surface area contributed by atoms with E-state index in [1.54, 1.807) is 6.08 Å². The fourth-order valence-corrected chi connectivity index (χ4v) is 2.29. The molecular weight excluding hydrogens is 260 g/mol. The molecule has 2 unspecified atom stereocenters. The Morgan fingerprint density at radius 3 is 2.70 bits per heavy atom. The largest absolute Gasteiger partial charge is 0.462 e. The molecule has 2 atom stereocenters. The molecule has 5 nitrogen and oxygen atoms in total. The SMILES string of the molecule is C=CC1CC1(C(=O)CCCC)C(=O)OCCOCCO. The van der Waals surface area contributed by atoms with Crippen LogP contribution in [0.5, 0.6) is 0 Å². The van der Waals surface area contributed by atoms with Gasteiger partial charge in [0.2, 0.25) is 0 Å². The first kappa shape index (κ1) is 16.9. The standard InChI is InChI=1S/C15H24O5/c1-3-5-6-13(17)15(11-12(15)4-2)14(18)20-10-9-19-8-7-16/h4,12,16H,2-3,5-11H2,1H3. The van der Waals surface area contributed by atoms with Gasteiger partial charge in [0.1, 0.15) is 12.0 Å². The van der Waals surface area contributed by atoms with Crippen LogP contribution in [0.1, 0.15) is 32.6 Å². The first-order valence-electron chi connectivity index (χ1n) is 7.15. The Morgan fingerprint density at radius 1 is 1.40 bits per heavy atom. The van der Waals surface area contributed by atoms with Crippen molar-refractivity contribution in [3.05, 3.63) is 12.7 Å². The van der Waals surface area contributed by atoms with Crippen molar-refractivity contribution >= 4 is 11.8 Å². The number of hydrogen-bond acceptors (Lipinski definition) is 5. The number of aliphatic hydroxyl groups is 1. The third-order valence-electron chi connectivity index (χ3n) is 3.61. The van der Waals surface area contributed by atoms with Gasteiger partial charge in [-0.15, -0.1) is 6.58 Å². The minimum absolute atomic E-state index is 0.0365. The van der Waals surface area contributed by atoms with Crippen molar-refractivity contribution in [2.24, 2.45) is 11.3 Å². The maximum atomic E-state index is 12.2. The number of esters is 1. The molecule has 1 aliphatic carbocycles. The fraction of sp³-hybridized carbons (Fsp3) is 0.733. The normalized spacial score (nSPS) is 24.2. The van der Waals surface area contributed by atoms with Crippen molar-refractivity contribution in [1.82, 2.24) is 0 Å². The summed E-state index contributed by atoms with van der Waals surface area (Å²) in [4.78, 5) is 24.4. The Bertz CT molecular complexity index is 352. The van der Waals surface area contributed by atoms with Crippen LogP contribution in [-0.4, -0.2) is 43.3 Å². The van der Waals surface area contributed by atoms with Crippen molar-refractivity contribution in [2.45, 2.75) is 32.6 Å². The van der Waals surface area contributed by atoms with Gasteiger partial charge in [0.15, 0.2) is 5.78 Å². The van der Waals surface area contributed by atoms with E-state index < -0.39 is 11.4 Å². The lowest BCUT2D eigenvalue weighted by molar-refractivity contribution is -0.156. The van der Waals surface area contributed by atoms with Gasteiger partial charge in [-0.25, -0.2) is 0 Å². The highest BCUT2D eigenvalue weighted by atomic mass is 16.6. The van der Waals surface area contributed by atoms with E-state index in [9.17, 15) is 9.59 Å². The number of Topliss-reactive ketones (excluding diaryl/α,β-unsaturated/α-hetero) is 1. The summed E-state index contributed by atoms with van der Waals surface area (Å²) in [6.45, 7) is 6.16. The smallest absolute Gasteiger partial charge is 0.320 e. The van der Waals surface area contributed by atoms with E-state index in [1.165, 1.54) is 0 Å². The lowest BCUT2D eigenvalue weighted by Crippen LogP contribution is -2.30. The predicted molar refractivity (Wildman–Crippen MR) is 74.1 cm³/mol. The zero-order valence-corrected chi connectivity index (χ0v) is 12.1. The number of allylic oxidation sites excluding steroid dienone is 1. The fourth-order valence-electron chi connectivity index (χ4n) is 2.29. The molecule has 0 aromatic carbocycles. The summed E-state index contributed by atoms with van der Waals surface area (Å²) >= 11 is 0. The van der Waals surface area contributed by atoms with Crippen molar-refractivity contribution in [1.29, 1.82) is 0 Å².